The minimum absolute atomic E-state index is 0.141. The molecule has 0 aliphatic heterocycles. The van der Waals surface area contributed by atoms with E-state index in [9.17, 15) is 9.18 Å². The van der Waals surface area contributed by atoms with Crippen LogP contribution >= 0.6 is 0 Å². The third-order valence-corrected chi connectivity index (χ3v) is 3.67. The van der Waals surface area contributed by atoms with Gasteiger partial charge in [0.15, 0.2) is 5.78 Å². The van der Waals surface area contributed by atoms with Crippen LogP contribution in [0.2, 0.25) is 0 Å². The minimum Gasteiger partial charge on any atom is -0.496 e. The van der Waals surface area contributed by atoms with Crippen molar-refractivity contribution >= 4 is 5.78 Å². The van der Waals surface area contributed by atoms with E-state index in [-0.39, 0.29) is 22.4 Å². The molecule has 0 aliphatic carbocycles. The first kappa shape index (κ1) is 16.7. The van der Waals surface area contributed by atoms with Crippen molar-refractivity contribution in [2.24, 2.45) is 5.73 Å². The van der Waals surface area contributed by atoms with Crippen LogP contribution in [0.4, 0.5) is 4.39 Å². The second kappa shape index (κ2) is 7.03. The van der Waals surface area contributed by atoms with Crippen molar-refractivity contribution < 1.29 is 13.9 Å². The average Bonchev–Trinajstić information content (AvgIpc) is 2.60. The van der Waals surface area contributed by atoms with Crippen molar-refractivity contribution in [1.29, 1.82) is 5.26 Å². The highest BCUT2D eigenvalue weighted by molar-refractivity contribution is 6.11. The molecule has 0 saturated carbocycles. The summed E-state index contributed by atoms with van der Waals surface area (Å²) in [6.45, 7) is 1.84. The van der Waals surface area contributed by atoms with Gasteiger partial charge in [0.05, 0.1) is 18.7 Å². The molecule has 2 aromatic rings. The Morgan fingerprint density at radius 2 is 2.13 bits per heavy atom. The summed E-state index contributed by atoms with van der Waals surface area (Å²) in [4.78, 5) is 12.7. The van der Waals surface area contributed by atoms with Gasteiger partial charge in [-0.2, -0.15) is 5.26 Å². The van der Waals surface area contributed by atoms with Crippen LogP contribution in [-0.4, -0.2) is 12.9 Å². The van der Waals surface area contributed by atoms with Crippen molar-refractivity contribution in [3.8, 4) is 11.8 Å². The van der Waals surface area contributed by atoms with E-state index in [1.807, 2.05) is 13.0 Å². The summed E-state index contributed by atoms with van der Waals surface area (Å²) >= 11 is 0. The van der Waals surface area contributed by atoms with Gasteiger partial charge < -0.3 is 10.5 Å². The first-order valence-electron chi connectivity index (χ1n) is 7.20. The molecule has 0 amide bonds. The Kier molecular flexibility index (Phi) is 5.09. The van der Waals surface area contributed by atoms with E-state index in [1.54, 1.807) is 12.1 Å². The molecule has 2 N–H and O–H groups in total. The predicted octanol–water partition coefficient (Wildman–Crippen LogP) is 3.35. The van der Waals surface area contributed by atoms with Crippen LogP contribution in [0.3, 0.4) is 0 Å². The Hall–Kier alpha value is -2.71. The average molecular weight is 312 g/mol. The van der Waals surface area contributed by atoms with Gasteiger partial charge in [-0.1, -0.05) is 25.1 Å². The maximum atomic E-state index is 14.8. The number of rotatable bonds is 5. The van der Waals surface area contributed by atoms with Crippen LogP contribution in [0.15, 0.2) is 36.4 Å². The van der Waals surface area contributed by atoms with E-state index in [1.165, 1.54) is 31.4 Å². The minimum atomic E-state index is -0.675. The first-order chi connectivity index (χ1) is 11.0. The highest BCUT2D eigenvalue weighted by atomic mass is 19.1. The Labute approximate surface area is 134 Å². The molecule has 0 aromatic heterocycles. The van der Waals surface area contributed by atoms with Crippen LogP contribution in [0.5, 0.6) is 5.75 Å². The molecule has 0 fully saturated rings. The van der Waals surface area contributed by atoms with Gasteiger partial charge in [-0.25, -0.2) is 4.39 Å². The zero-order valence-electron chi connectivity index (χ0n) is 13.0. The molecule has 118 valence electrons. The molecule has 0 heterocycles. The molecule has 1 atom stereocenters. The largest absolute Gasteiger partial charge is 0.496 e. The van der Waals surface area contributed by atoms with Gasteiger partial charge in [0.2, 0.25) is 0 Å². The number of hydrogen-bond donors (Lipinski definition) is 1. The second-order valence-corrected chi connectivity index (χ2v) is 5.08. The molecule has 0 radical (unpaired) electrons. The third-order valence-electron chi connectivity index (χ3n) is 3.67. The molecular formula is C18H17FN2O2. The Balaban J connectivity index is 2.60. The van der Waals surface area contributed by atoms with E-state index in [4.69, 9.17) is 15.7 Å². The second-order valence-electron chi connectivity index (χ2n) is 5.08. The number of halogens is 1. The summed E-state index contributed by atoms with van der Waals surface area (Å²) in [6, 6.07) is 10.6. The van der Waals surface area contributed by atoms with E-state index >= 15 is 0 Å². The van der Waals surface area contributed by atoms with E-state index in [0.29, 0.717) is 12.0 Å². The third kappa shape index (κ3) is 3.22. The Bertz CT molecular complexity index is 781. The van der Waals surface area contributed by atoms with E-state index < -0.39 is 17.6 Å². The summed E-state index contributed by atoms with van der Waals surface area (Å²) in [5.74, 6) is -1.07. The molecule has 0 bridgehead atoms. The van der Waals surface area contributed by atoms with Gasteiger partial charge in [-0.15, -0.1) is 0 Å². The summed E-state index contributed by atoms with van der Waals surface area (Å²) < 4.78 is 20.0. The summed E-state index contributed by atoms with van der Waals surface area (Å²) in [7, 11) is 1.37. The number of carbonyl (C=O) groups excluding carboxylic acids is 1. The SMILES string of the molecule is CCC(N)c1ccc(OC)c(C(=O)c2cccc(C#N)c2)c1F. The molecule has 5 heteroatoms. The number of methoxy groups -OCH3 is 1. The number of nitriles is 1. The summed E-state index contributed by atoms with van der Waals surface area (Å²) in [5.41, 5.74) is 6.57. The molecule has 0 aliphatic rings. The van der Waals surface area contributed by atoms with E-state index in [0.717, 1.165) is 0 Å². The lowest BCUT2D eigenvalue weighted by Gasteiger charge is -2.15. The molecular weight excluding hydrogens is 295 g/mol. The monoisotopic (exact) mass is 312 g/mol. The predicted molar refractivity (Wildman–Crippen MR) is 84.8 cm³/mol. The fraction of sp³-hybridized carbons (Fsp3) is 0.222. The number of ether oxygens (including phenoxy) is 1. The molecule has 4 nitrogen and oxygen atoms in total. The molecule has 0 spiro atoms. The van der Waals surface area contributed by atoms with Crippen LogP contribution in [-0.2, 0) is 0 Å². The van der Waals surface area contributed by atoms with Crippen molar-refractivity contribution in [1.82, 2.24) is 0 Å². The van der Waals surface area contributed by atoms with Crippen LogP contribution in [0, 0.1) is 17.1 Å². The lowest BCUT2D eigenvalue weighted by atomic mass is 9.95. The summed E-state index contributed by atoms with van der Waals surface area (Å²) in [5, 5.41) is 8.94. The van der Waals surface area contributed by atoms with Crippen LogP contribution < -0.4 is 10.5 Å². The van der Waals surface area contributed by atoms with Crippen molar-refractivity contribution in [2.75, 3.05) is 7.11 Å². The molecule has 2 aromatic carbocycles. The normalized spacial score (nSPS) is 11.6. The molecule has 2 rings (SSSR count). The van der Waals surface area contributed by atoms with E-state index in [2.05, 4.69) is 0 Å². The van der Waals surface area contributed by atoms with Crippen molar-refractivity contribution in [3.05, 3.63) is 64.5 Å². The number of nitrogens with zero attached hydrogens (tertiary/aromatic N) is 1. The zero-order valence-corrected chi connectivity index (χ0v) is 13.0. The fourth-order valence-corrected chi connectivity index (χ4v) is 2.34. The van der Waals surface area contributed by atoms with Crippen LogP contribution in [0.1, 0.15) is 46.4 Å². The number of ketones is 1. The van der Waals surface area contributed by atoms with Gasteiger partial charge in [0.1, 0.15) is 17.1 Å². The zero-order chi connectivity index (χ0) is 17.0. The number of nitrogens with two attached hydrogens (primary N) is 1. The maximum absolute atomic E-state index is 14.8. The van der Waals surface area contributed by atoms with Gasteiger partial charge in [-0.3, -0.25) is 4.79 Å². The van der Waals surface area contributed by atoms with Gasteiger partial charge in [0, 0.05) is 17.2 Å². The van der Waals surface area contributed by atoms with Crippen molar-refractivity contribution in [2.45, 2.75) is 19.4 Å². The number of benzene rings is 2. The smallest absolute Gasteiger partial charge is 0.199 e. The molecule has 0 saturated heterocycles. The van der Waals surface area contributed by atoms with Gasteiger partial charge >= 0.3 is 0 Å². The summed E-state index contributed by atoms with van der Waals surface area (Å²) in [6.07, 6.45) is 0.542. The molecule has 23 heavy (non-hydrogen) atoms. The van der Waals surface area contributed by atoms with Gasteiger partial charge in [0.25, 0.3) is 0 Å². The topological polar surface area (TPSA) is 76.1 Å². The fourth-order valence-electron chi connectivity index (χ4n) is 2.34. The van der Waals surface area contributed by atoms with Gasteiger partial charge in [-0.05, 0) is 24.6 Å². The first-order valence-corrected chi connectivity index (χ1v) is 7.20. The molecule has 1 unspecified atom stereocenters. The maximum Gasteiger partial charge on any atom is 0.199 e. The number of carbonyl (C=O) groups is 1. The Morgan fingerprint density at radius 3 is 2.74 bits per heavy atom. The standard InChI is InChI=1S/C18H17FN2O2/c1-3-14(21)13-7-8-15(23-2)16(17(13)19)18(22)12-6-4-5-11(9-12)10-20/h4-9,14H,3,21H2,1-2H3. The lowest BCUT2D eigenvalue weighted by molar-refractivity contribution is 0.103. The van der Waals surface area contributed by atoms with Crippen LogP contribution in [0.25, 0.3) is 0 Å². The Morgan fingerprint density at radius 1 is 1.39 bits per heavy atom. The quantitative estimate of drug-likeness (QED) is 0.859. The lowest BCUT2D eigenvalue weighted by Crippen LogP contribution is -2.15. The van der Waals surface area contributed by atoms with Crippen molar-refractivity contribution in [3.63, 3.8) is 0 Å². The highest BCUT2D eigenvalue weighted by Gasteiger charge is 2.24. The highest BCUT2D eigenvalue weighted by Crippen LogP contribution is 2.30. The number of hydrogen-bond acceptors (Lipinski definition) is 4.